The van der Waals surface area contributed by atoms with Gasteiger partial charge in [0.25, 0.3) is 0 Å². The number of hydrogen-bond donors (Lipinski definition) is 1. The average molecular weight is 245 g/mol. The second-order valence-corrected chi connectivity index (χ2v) is 5.24. The molecular weight excluding hydrogens is 226 g/mol. The lowest BCUT2D eigenvalue weighted by Gasteiger charge is -2.20. The van der Waals surface area contributed by atoms with E-state index in [0.717, 1.165) is 19.4 Å². The van der Waals surface area contributed by atoms with Crippen LogP contribution < -0.4 is 5.32 Å². The van der Waals surface area contributed by atoms with Crippen molar-refractivity contribution < 1.29 is 9.53 Å². The van der Waals surface area contributed by atoms with Crippen molar-refractivity contribution in [2.45, 2.75) is 37.8 Å². The normalized spacial score (nSPS) is 24.8. The van der Waals surface area contributed by atoms with Crippen molar-refractivity contribution >= 4 is 5.91 Å². The highest BCUT2D eigenvalue weighted by Crippen LogP contribution is 2.41. The fraction of sp³-hybridized carbons (Fsp3) is 0.533. The van der Waals surface area contributed by atoms with E-state index in [1.54, 1.807) is 0 Å². The van der Waals surface area contributed by atoms with E-state index in [1.165, 1.54) is 18.4 Å². The van der Waals surface area contributed by atoms with Gasteiger partial charge in [-0.15, -0.1) is 0 Å². The molecule has 1 N–H and O–H groups in total. The molecule has 1 amide bonds. The van der Waals surface area contributed by atoms with Crippen molar-refractivity contribution in [1.29, 1.82) is 0 Å². The Kier molecular flexibility index (Phi) is 3.33. The van der Waals surface area contributed by atoms with Crippen LogP contribution >= 0.6 is 0 Å². The highest BCUT2D eigenvalue weighted by Gasteiger charge is 2.35. The molecule has 1 aromatic rings. The molecule has 0 radical (unpaired) electrons. The maximum absolute atomic E-state index is 12.1. The Morgan fingerprint density at radius 3 is 2.61 bits per heavy atom. The third-order valence-corrected chi connectivity index (χ3v) is 3.77. The summed E-state index contributed by atoms with van der Waals surface area (Å²) >= 11 is 0. The molecule has 0 bridgehead atoms. The van der Waals surface area contributed by atoms with Crippen LogP contribution in [0.1, 0.15) is 37.3 Å². The number of carbonyl (C=O) groups excluding carboxylic acids is 1. The minimum Gasteiger partial charge on any atom is -0.368 e. The van der Waals surface area contributed by atoms with Crippen LogP contribution in [-0.4, -0.2) is 18.6 Å². The Bertz CT molecular complexity index is 408. The lowest BCUT2D eigenvalue weighted by Crippen LogP contribution is -2.37. The van der Waals surface area contributed by atoms with Crippen molar-refractivity contribution in [2.24, 2.45) is 5.92 Å². The second-order valence-electron chi connectivity index (χ2n) is 5.24. The molecule has 3 heteroatoms. The van der Waals surface area contributed by atoms with E-state index < -0.39 is 0 Å². The molecule has 1 saturated heterocycles. The standard InChI is InChI=1S/C15H19NO2/c17-15(13-7-4-10-18-13)16-14(12-8-9-12)11-5-2-1-3-6-11/h1-3,5-6,12-14H,4,7-10H2,(H,16,17). The van der Waals surface area contributed by atoms with E-state index in [-0.39, 0.29) is 18.1 Å². The molecule has 2 unspecified atom stereocenters. The molecule has 0 aromatic heterocycles. The molecule has 96 valence electrons. The average Bonchev–Trinajstić information content (AvgIpc) is 3.10. The summed E-state index contributed by atoms with van der Waals surface area (Å²) in [7, 11) is 0. The van der Waals surface area contributed by atoms with E-state index in [4.69, 9.17) is 4.74 Å². The van der Waals surface area contributed by atoms with Crippen molar-refractivity contribution in [3.05, 3.63) is 35.9 Å². The Morgan fingerprint density at radius 2 is 2.00 bits per heavy atom. The fourth-order valence-corrected chi connectivity index (χ4v) is 2.59. The Labute approximate surface area is 108 Å². The minimum atomic E-state index is -0.227. The van der Waals surface area contributed by atoms with Gasteiger partial charge in [0, 0.05) is 6.61 Å². The summed E-state index contributed by atoms with van der Waals surface area (Å²) in [5.41, 5.74) is 1.21. The van der Waals surface area contributed by atoms with Crippen LogP contribution in [0.2, 0.25) is 0 Å². The molecule has 1 aliphatic heterocycles. The molecule has 1 saturated carbocycles. The van der Waals surface area contributed by atoms with Gasteiger partial charge in [-0.05, 0) is 37.2 Å². The van der Waals surface area contributed by atoms with Crippen LogP contribution in [0, 0.1) is 5.92 Å². The van der Waals surface area contributed by atoms with Gasteiger partial charge in [-0.2, -0.15) is 0 Å². The van der Waals surface area contributed by atoms with Crippen molar-refractivity contribution in [3.63, 3.8) is 0 Å². The molecule has 0 spiro atoms. The quantitative estimate of drug-likeness (QED) is 0.884. The predicted octanol–water partition coefficient (Wildman–Crippen LogP) is 2.43. The highest BCUT2D eigenvalue weighted by atomic mass is 16.5. The summed E-state index contributed by atoms with van der Waals surface area (Å²) in [5.74, 6) is 0.672. The van der Waals surface area contributed by atoms with E-state index in [9.17, 15) is 4.79 Å². The molecular formula is C15H19NO2. The van der Waals surface area contributed by atoms with E-state index in [0.29, 0.717) is 5.92 Å². The molecule has 2 fully saturated rings. The van der Waals surface area contributed by atoms with E-state index in [2.05, 4.69) is 17.4 Å². The first-order valence-corrected chi connectivity index (χ1v) is 6.81. The molecule has 2 atom stereocenters. The smallest absolute Gasteiger partial charge is 0.249 e. The maximum atomic E-state index is 12.1. The molecule has 1 heterocycles. The predicted molar refractivity (Wildman–Crippen MR) is 69.0 cm³/mol. The van der Waals surface area contributed by atoms with E-state index in [1.807, 2.05) is 18.2 Å². The first-order chi connectivity index (χ1) is 8.84. The summed E-state index contributed by atoms with van der Waals surface area (Å²) in [6, 6.07) is 10.4. The van der Waals surface area contributed by atoms with Crippen LogP contribution in [0.3, 0.4) is 0 Å². The lowest BCUT2D eigenvalue weighted by molar-refractivity contribution is -0.131. The lowest BCUT2D eigenvalue weighted by atomic mass is 10.0. The van der Waals surface area contributed by atoms with Gasteiger partial charge in [-0.3, -0.25) is 4.79 Å². The van der Waals surface area contributed by atoms with Crippen LogP contribution in [0.5, 0.6) is 0 Å². The third kappa shape index (κ3) is 2.56. The zero-order valence-electron chi connectivity index (χ0n) is 10.5. The molecule has 3 nitrogen and oxygen atoms in total. The number of nitrogens with one attached hydrogen (secondary N) is 1. The van der Waals surface area contributed by atoms with Crippen LogP contribution in [0.15, 0.2) is 30.3 Å². The largest absolute Gasteiger partial charge is 0.368 e. The summed E-state index contributed by atoms with van der Waals surface area (Å²) in [4.78, 5) is 12.1. The highest BCUT2D eigenvalue weighted by molar-refractivity contribution is 5.81. The Hall–Kier alpha value is -1.35. The zero-order valence-corrected chi connectivity index (χ0v) is 10.5. The molecule has 18 heavy (non-hydrogen) atoms. The SMILES string of the molecule is O=C(NC(c1ccccc1)C1CC1)C1CCCO1. The third-order valence-electron chi connectivity index (χ3n) is 3.77. The number of rotatable bonds is 4. The monoisotopic (exact) mass is 245 g/mol. The summed E-state index contributed by atoms with van der Waals surface area (Å²) < 4.78 is 5.44. The minimum absolute atomic E-state index is 0.0632. The number of hydrogen-bond acceptors (Lipinski definition) is 2. The molecule has 1 aliphatic carbocycles. The first-order valence-electron chi connectivity index (χ1n) is 6.81. The summed E-state index contributed by atoms with van der Waals surface area (Å²) in [6.07, 6.45) is 4.06. The van der Waals surface area contributed by atoms with Gasteiger partial charge < -0.3 is 10.1 Å². The van der Waals surface area contributed by atoms with Gasteiger partial charge >= 0.3 is 0 Å². The van der Waals surface area contributed by atoms with E-state index >= 15 is 0 Å². The maximum Gasteiger partial charge on any atom is 0.249 e. The van der Waals surface area contributed by atoms with Crippen LogP contribution in [0.4, 0.5) is 0 Å². The molecule has 2 aliphatic rings. The molecule has 3 rings (SSSR count). The number of amides is 1. The second kappa shape index (κ2) is 5.11. The fourth-order valence-electron chi connectivity index (χ4n) is 2.59. The summed E-state index contributed by atoms with van der Waals surface area (Å²) in [6.45, 7) is 0.720. The Morgan fingerprint density at radius 1 is 1.22 bits per heavy atom. The number of carbonyl (C=O) groups is 1. The van der Waals surface area contributed by atoms with Crippen LogP contribution in [0.25, 0.3) is 0 Å². The van der Waals surface area contributed by atoms with Gasteiger partial charge in [0.1, 0.15) is 6.10 Å². The first kappa shape index (κ1) is 11.7. The number of benzene rings is 1. The van der Waals surface area contributed by atoms with Gasteiger partial charge in [0.2, 0.25) is 5.91 Å². The zero-order chi connectivity index (χ0) is 12.4. The van der Waals surface area contributed by atoms with Crippen molar-refractivity contribution in [3.8, 4) is 0 Å². The Balaban J connectivity index is 1.69. The van der Waals surface area contributed by atoms with Gasteiger partial charge in [0.05, 0.1) is 6.04 Å². The van der Waals surface area contributed by atoms with Gasteiger partial charge in [-0.25, -0.2) is 0 Å². The molecule has 1 aromatic carbocycles. The van der Waals surface area contributed by atoms with Gasteiger partial charge in [-0.1, -0.05) is 30.3 Å². The topological polar surface area (TPSA) is 38.3 Å². The number of ether oxygens (including phenoxy) is 1. The van der Waals surface area contributed by atoms with Crippen LogP contribution in [-0.2, 0) is 9.53 Å². The van der Waals surface area contributed by atoms with Gasteiger partial charge in [0.15, 0.2) is 0 Å². The summed E-state index contributed by atoms with van der Waals surface area (Å²) in [5, 5.41) is 3.17. The van der Waals surface area contributed by atoms with Crippen molar-refractivity contribution in [1.82, 2.24) is 5.32 Å². The van der Waals surface area contributed by atoms with Crippen molar-refractivity contribution in [2.75, 3.05) is 6.61 Å².